The van der Waals surface area contributed by atoms with Gasteiger partial charge in [0.15, 0.2) is 0 Å². The molecule has 3 rings (SSSR count). The maximum absolute atomic E-state index is 12.9. The van der Waals surface area contributed by atoms with Gasteiger partial charge in [0.25, 0.3) is 5.69 Å². The highest BCUT2D eigenvalue weighted by molar-refractivity contribution is 6.08. The van der Waals surface area contributed by atoms with E-state index in [-0.39, 0.29) is 30.0 Å². The fraction of sp³-hybridized carbons (Fsp3) is 0.476. The van der Waals surface area contributed by atoms with E-state index < -0.39 is 28.8 Å². The van der Waals surface area contributed by atoms with Crippen molar-refractivity contribution in [2.45, 2.75) is 45.8 Å². The first-order chi connectivity index (χ1) is 13.8. The normalized spacial score (nSPS) is 22.0. The Hall–Kier alpha value is -3.03. The van der Waals surface area contributed by atoms with E-state index in [4.69, 9.17) is 4.74 Å². The van der Waals surface area contributed by atoms with Gasteiger partial charge in [0, 0.05) is 12.1 Å². The summed E-state index contributed by atoms with van der Waals surface area (Å²) in [5.41, 5.74) is 0.367. The molecule has 29 heavy (non-hydrogen) atoms. The third-order valence-electron chi connectivity index (χ3n) is 5.32. The molecule has 0 aromatic heterocycles. The Morgan fingerprint density at radius 2 is 1.83 bits per heavy atom. The van der Waals surface area contributed by atoms with Gasteiger partial charge >= 0.3 is 5.97 Å². The molecular weight excluding hydrogens is 376 g/mol. The molecule has 0 spiro atoms. The summed E-state index contributed by atoms with van der Waals surface area (Å²) in [5.74, 6) is -2.06. The fourth-order valence-corrected chi connectivity index (χ4v) is 3.90. The number of carbonyl (C=O) groups excluding carboxylic acids is 3. The number of ether oxygens (including phenoxy) is 1. The van der Waals surface area contributed by atoms with Crippen LogP contribution in [0.3, 0.4) is 0 Å². The summed E-state index contributed by atoms with van der Waals surface area (Å²) in [6, 6.07) is 4.82. The van der Waals surface area contributed by atoms with Gasteiger partial charge in [-0.1, -0.05) is 38.1 Å². The summed E-state index contributed by atoms with van der Waals surface area (Å²) in [5, 5.41) is 10.9. The van der Waals surface area contributed by atoms with Crippen molar-refractivity contribution in [3.05, 3.63) is 52.1 Å². The SMILES string of the molecule is CC(C)C[C@@H](C(=O)OCc1cccc([N+](=O)[O-])c1)N1C(=O)[C@H]2CC=CC[C@H]2C1=O. The van der Waals surface area contributed by atoms with Crippen LogP contribution in [0, 0.1) is 27.9 Å². The number of non-ortho nitro benzene ring substituents is 1. The van der Waals surface area contributed by atoms with Crippen molar-refractivity contribution in [3.63, 3.8) is 0 Å². The second kappa shape index (κ2) is 8.55. The summed E-state index contributed by atoms with van der Waals surface area (Å²) in [7, 11) is 0. The minimum absolute atomic E-state index is 0.0618. The molecule has 1 aliphatic carbocycles. The number of fused-ring (bicyclic) bond motifs is 1. The minimum atomic E-state index is -0.987. The summed E-state index contributed by atoms with van der Waals surface area (Å²) in [4.78, 5) is 50.0. The van der Waals surface area contributed by atoms with Crippen LogP contribution in [-0.4, -0.2) is 33.6 Å². The molecule has 0 radical (unpaired) electrons. The van der Waals surface area contributed by atoms with Gasteiger partial charge in [-0.05, 0) is 30.7 Å². The Kier molecular flexibility index (Phi) is 6.10. The Morgan fingerprint density at radius 3 is 2.38 bits per heavy atom. The van der Waals surface area contributed by atoms with E-state index in [0.717, 1.165) is 4.90 Å². The lowest BCUT2D eigenvalue weighted by molar-refractivity contribution is -0.384. The minimum Gasteiger partial charge on any atom is -0.459 e. The highest BCUT2D eigenvalue weighted by atomic mass is 16.6. The van der Waals surface area contributed by atoms with Gasteiger partial charge in [0.2, 0.25) is 11.8 Å². The molecule has 3 atom stereocenters. The number of carbonyl (C=O) groups is 3. The molecule has 1 aromatic rings. The number of imide groups is 1. The number of nitro groups is 1. The average molecular weight is 400 g/mol. The molecule has 2 aliphatic rings. The molecule has 154 valence electrons. The highest BCUT2D eigenvalue weighted by Crippen LogP contribution is 2.37. The molecule has 0 N–H and O–H groups in total. The number of hydrogen-bond acceptors (Lipinski definition) is 6. The van der Waals surface area contributed by atoms with E-state index in [1.54, 1.807) is 6.07 Å². The van der Waals surface area contributed by atoms with Crippen LogP contribution < -0.4 is 0 Å². The van der Waals surface area contributed by atoms with Crippen LogP contribution in [0.2, 0.25) is 0 Å². The number of nitrogens with zero attached hydrogens (tertiary/aromatic N) is 2. The topological polar surface area (TPSA) is 107 Å². The number of benzene rings is 1. The van der Waals surface area contributed by atoms with Gasteiger partial charge in [-0.3, -0.25) is 24.6 Å². The van der Waals surface area contributed by atoms with Crippen LogP contribution in [0.25, 0.3) is 0 Å². The molecule has 8 heteroatoms. The largest absolute Gasteiger partial charge is 0.459 e. The molecule has 0 bridgehead atoms. The van der Waals surface area contributed by atoms with Crippen molar-refractivity contribution >= 4 is 23.5 Å². The van der Waals surface area contributed by atoms with Crippen molar-refractivity contribution in [2.75, 3.05) is 0 Å². The maximum Gasteiger partial charge on any atom is 0.329 e. The van der Waals surface area contributed by atoms with Gasteiger partial charge in [-0.25, -0.2) is 4.79 Å². The summed E-state index contributed by atoms with van der Waals surface area (Å²) in [6.45, 7) is 3.64. The number of hydrogen-bond donors (Lipinski definition) is 0. The Balaban J connectivity index is 1.75. The molecule has 1 saturated heterocycles. The van der Waals surface area contributed by atoms with Crippen LogP contribution in [0.15, 0.2) is 36.4 Å². The second-order valence-electron chi connectivity index (χ2n) is 7.88. The molecule has 1 heterocycles. The molecule has 1 aromatic carbocycles. The van der Waals surface area contributed by atoms with Crippen LogP contribution in [0.1, 0.15) is 38.7 Å². The van der Waals surface area contributed by atoms with Crippen molar-refractivity contribution < 1.29 is 24.0 Å². The average Bonchev–Trinajstić information content (AvgIpc) is 2.95. The van der Waals surface area contributed by atoms with Crippen LogP contribution in [-0.2, 0) is 25.7 Å². The van der Waals surface area contributed by atoms with Gasteiger partial charge in [0.05, 0.1) is 16.8 Å². The lowest BCUT2D eigenvalue weighted by Crippen LogP contribution is -2.47. The number of nitro benzene ring substituents is 1. The lowest BCUT2D eigenvalue weighted by Gasteiger charge is -2.26. The van der Waals surface area contributed by atoms with Crippen molar-refractivity contribution in [2.24, 2.45) is 17.8 Å². The molecule has 0 unspecified atom stereocenters. The number of likely N-dealkylation sites (tertiary alicyclic amines) is 1. The van der Waals surface area contributed by atoms with Crippen molar-refractivity contribution in [3.8, 4) is 0 Å². The molecule has 8 nitrogen and oxygen atoms in total. The van der Waals surface area contributed by atoms with E-state index in [0.29, 0.717) is 24.8 Å². The predicted molar refractivity (Wildman–Crippen MR) is 103 cm³/mol. The van der Waals surface area contributed by atoms with Crippen LogP contribution >= 0.6 is 0 Å². The fourth-order valence-electron chi connectivity index (χ4n) is 3.90. The van der Waals surface area contributed by atoms with Crippen LogP contribution in [0.5, 0.6) is 0 Å². The number of allylic oxidation sites excluding steroid dienone is 2. The quantitative estimate of drug-likeness (QED) is 0.229. The zero-order valence-corrected chi connectivity index (χ0v) is 16.4. The van der Waals surface area contributed by atoms with E-state index in [1.165, 1.54) is 18.2 Å². The van der Waals surface area contributed by atoms with Gasteiger partial charge in [-0.2, -0.15) is 0 Å². The maximum atomic E-state index is 12.9. The Bertz CT molecular complexity index is 836. The zero-order chi connectivity index (χ0) is 21.1. The van der Waals surface area contributed by atoms with Gasteiger partial charge in [0.1, 0.15) is 12.6 Å². The monoisotopic (exact) mass is 400 g/mol. The molecular formula is C21H24N2O6. The molecule has 2 amide bonds. The van der Waals surface area contributed by atoms with Crippen molar-refractivity contribution in [1.82, 2.24) is 4.90 Å². The number of esters is 1. The first-order valence-electron chi connectivity index (χ1n) is 9.71. The third kappa shape index (κ3) is 4.36. The summed E-state index contributed by atoms with van der Waals surface area (Å²) in [6.07, 6.45) is 5.10. The Morgan fingerprint density at radius 1 is 1.21 bits per heavy atom. The first-order valence-corrected chi connectivity index (χ1v) is 9.71. The van der Waals surface area contributed by atoms with E-state index in [1.807, 2.05) is 26.0 Å². The van der Waals surface area contributed by atoms with Gasteiger partial charge in [-0.15, -0.1) is 0 Å². The smallest absolute Gasteiger partial charge is 0.329 e. The van der Waals surface area contributed by atoms with Crippen LogP contribution in [0.4, 0.5) is 5.69 Å². The van der Waals surface area contributed by atoms with E-state index in [2.05, 4.69) is 0 Å². The molecule has 1 fully saturated rings. The zero-order valence-electron chi connectivity index (χ0n) is 16.4. The van der Waals surface area contributed by atoms with Gasteiger partial charge < -0.3 is 4.74 Å². The highest BCUT2D eigenvalue weighted by Gasteiger charge is 2.51. The third-order valence-corrected chi connectivity index (χ3v) is 5.32. The second-order valence-corrected chi connectivity index (χ2v) is 7.88. The first kappa shape index (κ1) is 20.7. The standard InChI is InChI=1S/C21H24N2O6/c1-13(2)10-18(22-19(24)16-8-3-4-9-17(16)20(22)25)21(26)29-12-14-6-5-7-15(11-14)23(27)28/h3-7,11,13,16-18H,8-10,12H2,1-2H3/t16-,17+,18-/m0/s1. The summed E-state index contributed by atoms with van der Waals surface area (Å²) >= 11 is 0. The van der Waals surface area contributed by atoms with Crippen molar-refractivity contribution in [1.29, 1.82) is 0 Å². The predicted octanol–water partition coefficient (Wildman–Crippen LogP) is 3.00. The lowest BCUT2D eigenvalue weighted by atomic mass is 9.85. The molecule has 0 saturated carbocycles. The summed E-state index contributed by atoms with van der Waals surface area (Å²) < 4.78 is 5.37. The number of rotatable bonds is 7. The van der Waals surface area contributed by atoms with E-state index >= 15 is 0 Å². The Labute approximate surface area is 168 Å². The number of amides is 2. The molecule has 1 aliphatic heterocycles. The van der Waals surface area contributed by atoms with E-state index in [9.17, 15) is 24.5 Å².